The fourth-order valence-corrected chi connectivity index (χ4v) is 2.29. The summed E-state index contributed by atoms with van der Waals surface area (Å²) in [5.74, 6) is 0. The van der Waals surface area contributed by atoms with Crippen molar-refractivity contribution < 1.29 is 0 Å². The summed E-state index contributed by atoms with van der Waals surface area (Å²) < 4.78 is 2.33. The van der Waals surface area contributed by atoms with Gasteiger partial charge in [0.2, 0.25) is 0 Å². The Kier molecular flexibility index (Phi) is 4.21. The summed E-state index contributed by atoms with van der Waals surface area (Å²) in [7, 11) is 0. The Morgan fingerprint density at radius 1 is 1.06 bits per heavy atom. The minimum atomic E-state index is 0.939. The Morgan fingerprint density at radius 3 is 2.44 bits per heavy atom. The smallest absolute Gasteiger partial charge is 0.0478 e. The molecule has 0 amide bonds. The van der Waals surface area contributed by atoms with Gasteiger partial charge in [-0.15, -0.1) is 0 Å². The molecule has 96 valence electrons. The third-order valence-electron chi connectivity index (χ3n) is 3.45. The Bertz CT molecular complexity index is 491. The van der Waals surface area contributed by atoms with Crippen LogP contribution in [0.4, 0.5) is 0 Å². The van der Waals surface area contributed by atoms with E-state index in [0.717, 1.165) is 19.6 Å². The second kappa shape index (κ2) is 5.87. The molecule has 2 heteroatoms. The summed E-state index contributed by atoms with van der Waals surface area (Å²) >= 11 is 0. The van der Waals surface area contributed by atoms with Crippen LogP contribution in [0.5, 0.6) is 0 Å². The molecule has 1 heterocycles. The lowest BCUT2D eigenvalue weighted by Crippen LogP contribution is -2.16. The zero-order chi connectivity index (χ0) is 13.0. The molecule has 0 unspecified atom stereocenters. The van der Waals surface area contributed by atoms with Gasteiger partial charge >= 0.3 is 0 Å². The predicted octanol–water partition coefficient (Wildman–Crippen LogP) is 3.26. The maximum atomic E-state index is 3.39. The lowest BCUT2D eigenvalue weighted by Gasteiger charge is -2.14. The highest BCUT2D eigenvalue weighted by atomic mass is 15.0. The van der Waals surface area contributed by atoms with Gasteiger partial charge in [-0.3, -0.25) is 0 Å². The molecule has 2 aromatic rings. The van der Waals surface area contributed by atoms with E-state index < -0.39 is 0 Å². The molecule has 1 aromatic carbocycles. The number of aryl methyl sites for hydroxylation is 2. The molecular weight excluding hydrogens is 220 g/mol. The van der Waals surface area contributed by atoms with Crippen LogP contribution in [-0.2, 0) is 13.1 Å². The predicted molar refractivity (Wildman–Crippen MR) is 76.8 cm³/mol. The van der Waals surface area contributed by atoms with Crippen LogP contribution >= 0.6 is 0 Å². The van der Waals surface area contributed by atoms with Crippen molar-refractivity contribution >= 4 is 0 Å². The van der Waals surface area contributed by atoms with Crippen LogP contribution in [0.25, 0.3) is 0 Å². The van der Waals surface area contributed by atoms with E-state index in [1.807, 2.05) is 0 Å². The third-order valence-corrected chi connectivity index (χ3v) is 3.45. The zero-order valence-electron chi connectivity index (χ0n) is 11.5. The number of hydrogen-bond donors (Lipinski definition) is 1. The van der Waals surface area contributed by atoms with Gasteiger partial charge in [-0.2, -0.15) is 0 Å². The monoisotopic (exact) mass is 242 g/mol. The van der Waals surface area contributed by atoms with Crippen LogP contribution in [0.2, 0.25) is 0 Å². The molecule has 18 heavy (non-hydrogen) atoms. The molecule has 2 nitrogen and oxygen atoms in total. The lowest BCUT2D eigenvalue weighted by atomic mass is 10.0. The second-order valence-corrected chi connectivity index (χ2v) is 4.78. The molecule has 1 N–H and O–H groups in total. The SMILES string of the molecule is CCNCc1cccn1Cc1c(C)cccc1C. The molecule has 0 atom stereocenters. The van der Waals surface area contributed by atoms with Crippen molar-refractivity contribution in [1.82, 2.24) is 9.88 Å². The topological polar surface area (TPSA) is 17.0 Å². The molecule has 0 saturated heterocycles. The van der Waals surface area contributed by atoms with Crippen LogP contribution in [-0.4, -0.2) is 11.1 Å². The van der Waals surface area contributed by atoms with E-state index in [-0.39, 0.29) is 0 Å². The molecule has 0 spiro atoms. The van der Waals surface area contributed by atoms with E-state index in [1.165, 1.54) is 22.4 Å². The van der Waals surface area contributed by atoms with Crippen molar-refractivity contribution in [3.8, 4) is 0 Å². The standard InChI is InChI=1S/C16H22N2/c1-4-17-11-15-9-6-10-18(15)12-16-13(2)7-5-8-14(16)3/h5-10,17H,4,11-12H2,1-3H3. The number of nitrogens with zero attached hydrogens (tertiary/aromatic N) is 1. The van der Waals surface area contributed by atoms with E-state index in [1.54, 1.807) is 0 Å². The summed E-state index contributed by atoms with van der Waals surface area (Å²) in [6, 6.07) is 10.8. The molecular formula is C16H22N2. The molecule has 0 aliphatic carbocycles. The van der Waals surface area contributed by atoms with Gasteiger partial charge < -0.3 is 9.88 Å². The Labute approximate surface area is 110 Å². The fourth-order valence-electron chi connectivity index (χ4n) is 2.29. The van der Waals surface area contributed by atoms with Gasteiger partial charge in [0.15, 0.2) is 0 Å². The molecule has 2 rings (SSSR count). The van der Waals surface area contributed by atoms with Gasteiger partial charge in [-0.25, -0.2) is 0 Å². The van der Waals surface area contributed by atoms with Crippen molar-refractivity contribution in [1.29, 1.82) is 0 Å². The molecule has 0 radical (unpaired) electrons. The Balaban J connectivity index is 2.21. The average Bonchev–Trinajstić information content (AvgIpc) is 2.79. The maximum absolute atomic E-state index is 3.39. The summed E-state index contributed by atoms with van der Waals surface area (Å²) in [6.45, 7) is 9.43. The quantitative estimate of drug-likeness (QED) is 0.851. The van der Waals surface area contributed by atoms with Crippen molar-refractivity contribution in [2.75, 3.05) is 6.54 Å². The summed E-state index contributed by atoms with van der Waals surface area (Å²) in [6.07, 6.45) is 2.17. The van der Waals surface area contributed by atoms with E-state index in [9.17, 15) is 0 Å². The van der Waals surface area contributed by atoms with E-state index in [4.69, 9.17) is 0 Å². The second-order valence-electron chi connectivity index (χ2n) is 4.78. The third kappa shape index (κ3) is 2.82. The van der Waals surface area contributed by atoms with Gasteiger partial charge in [0.25, 0.3) is 0 Å². The molecule has 0 fully saturated rings. The highest BCUT2D eigenvalue weighted by Crippen LogP contribution is 2.16. The average molecular weight is 242 g/mol. The number of rotatable bonds is 5. The normalized spacial score (nSPS) is 10.8. The maximum Gasteiger partial charge on any atom is 0.0478 e. The van der Waals surface area contributed by atoms with E-state index in [2.05, 4.69) is 67.2 Å². The van der Waals surface area contributed by atoms with Gasteiger partial charge in [0.1, 0.15) is 0 Å². The summed E-state index contributed by atoms with van der Waals surface area (Å²) in [4.78, 5) is 0. The van der Waals surface area contributed by atoms with Crippen molar-refractivity contribution in [2.45, 2.75) is 33.9 Å². The minimum absolute atomic E-state index is 0.939. The number of aromatic nitrogens is 1. The van der Waals surface area contributed by atoms with Crippen LogP contribution < -0.4 is 5.32 Å². The van der Waals surface area contributed by atoms with Crippen molar-refractivity contribution in [3.63, 3.8) is 0 Å². The Hall–Kier alpha value is -1.54. The van der Waals surface area contributed by atoms with E-state index in [0.29, 0.717) is 0 Å². The highest BCUT2D eigenvalue weighted by molar-refractivity contribution is 5.34. The van der Waals surface area contributed by atoms with E-state index >= 15 is 0 Å². The molecule has 1 aromatic heterocycles. The first-order valence-corrected chi connectivity index (χ1v) is 6.62. The zero-order valence-corrected chi connectivity index (χ0v) is 11.5. The Morgan fingerprint density at radius 2 is 1.78 bits per heavy atom. The molecule has 0 bridgehead atoms. The first-order valence-electron chi connectivity index (χ1n) is 6.62. The van der Waals surface area contributed by atoms with Crippen LogP contribution in [0.15, 0.2) is 36.5 Å². The van der Waals surface area contributed by atoms with Crippen molar-refractivity contribution in [2.24, 2.45) is 0 Å². The molecule has 0 aliphatic heterocycles. The molecule has 0 saturated carbocycles. The first-order chi connectivity index (χ1) is 8.72. The number of nitrogens with one attached hydrogen (secondary N) is 1. The molecule has 0 aliphatic rings. The number of benzene rings is 1. The van der Waals surface area contributed by atoms with Crippen LogP contribution in [0.1, 0.15) is 29.3 Å². The summed E-state index contributed by atoms with van der Waals surface area (Å²) in [5, 5.41) is 3.39. The van der Waals surface area contributed by atoms with Gasteiger partial charge in [0, 0.05) is 25.0 Å². The highest BCUT2D eigenvalue weighted by Gasteiger charge is 2.05. The van der Waals surface area contributed by atoms with Crippen LogP contribution in [0.3, 0.4) is 0 Å². The fraction of sp³-hybridized carbons (Fsp3) is 0.375. The van der Waals surface area contributed by atoms with Gasteiger partial charge in [-0.05, 0) is 49.2 Å². The van der Waals surface area contributed by atoms with Crippen LogP contribution in [0, 0.1) is 13.8 Å². The van der Waals surface area contributed by atoms with Gasteiger partial charge in [0.05, 0.1) is 0 Å². The number of hydrogen-bond acceptors (Lipinski definition) is 1. The largest absolute Gasteiger partial charge is 0.346 e. The minimum Gasteiger partial charge on any atom is -0.346 e. The summed E-state index contributed by atoms with van der Waals surface area (Å²) in [5.41, 5.74) is 5.53. The first kappa shape index (κ1) is 12.9. The lowest BCUT2D eigenvalue weighted by molar-refractivity contribution is 0.655. The van der Waals surface area contributed by atoms with Crippen molar-refractivity contribution in [3.05, 3.63) is 58.9 Å². The van der Waals surface area contributed by atoms with Gasteiger partial charge in [-0.1, -0.05) is 25.1 Å².